The van der Waals surface area contributed by atoms with Crippen molar-refractivity contribution in [3.8, 4) is 0 Å². The highest BCUT2D eigenvalue weighted by atomic mass is 16.5. The molecule has 0 aliphatic carbocycles. The Kier molecular flexibility index (Phi) is 4.05. The van der Waals surface area contributed by atoms with Crippen molar-refractivity contribution in [2.24, 2.45) is 0 Å². The summed E-state index contributed by atoms with van der Waals surface area (Å²) in [4.78, 5) is 15.0. The minimum Gasteiger partial charge on any atom is -0.356 e. The summed E-state index contributed by atoms with van der Waals surface area (Å²) >= 11 is 0. The molecule has 0 radical (unpaired) electrons. The van der Waals surface area contributed by atoms with E-state index in [-0.39, 0.29) is 12.3 Å². The topological polar surface area (TPSA) is 58.4 Å². The maximum absolute atomic E-state index is 12.7. The molecule has 1 aliphatic heterocycles. The van der Waals surface area contributed by atoms with Gasteiger partial charge in [0.2, 0.25) is 5.91 Å². The fraction of sp³-hybridized carbons (Fsp3) is 0.130. The normalized spacial score (nSPS) is 12.9. The smallest absolute Gasteiger partial charge is 0.230 e. The lowest BCUT2D eigenvalue weighted by Crippen LogP contribution is -2.19. The van der Waals surface area contributed by atoms with E-state index in [1.54, 1.807) is 0 Å². The highest BCUT2D eigenvalue weighted by Crippen LogP contribution is 2.38. The quantitative estimate of drug-likeness (QED) is 0.566. The number of hydrogen-bond acceptors (Lipinski definition) is 4. The van der Waals surface area contributed by atoms with E-state index in [9.17, 15) is 4.79 Å². The molecule has 1 aliphatic rings. The van der Waals surface area contributed by atoms with Crippen molar-refractivity contribution in [2.75, 3.05) is 16.8 Å². The van der Waals surface area contributed by atoms with Gasteiger partial charge in [-0.2, -0.15) is 0 Å². The molecular formula is C23H19N3O2. The summed E-state index contributed by atoms with van der Waals surface area (Å²) in [5, 5.41) is 7.99. The number of benzene rings is 3. The number of nitrogens with one attached hydrogen (secondary N) is 1. The third kappa shape index (κ3) is 2.91. The fourth-order valence-electron chi connectivity index (χ4n) is 3.82. The van der Waals surface area contributed by atoms with Crippen molar-refractivity contribution >= 4 is 33.9 Å². The van der Waals surface area contributed by atoms with Crippen LogP contribution in [0.1, 0.15) is 11.3 Å². The zero-order valence-corrected chi connectivity index (χ0v) is 15.3. The average molecular weight is 369 g/mol. The number of carbonyl (C=O) groups is 1. The first-order chi connectivity index (χ1) is 13.8. The summed E-state index contributed by atoms with van der Waals surface area (Å²) in [6.07, 6.45) is 1.17. The number of anilines is 3. The van der Waals surface area contributed by atoms with Gasteiger partial charge in [0.1, 0.15) is 5.69 Å². The molecule has 2 heterocycles. The van der Waals surface area contributed by atoms with E-state index in [0.717, 1.165) is 29.7 Å². The number of nitrogens with zero attached hydrogens (tertiary/aromatic N) is 2. The summed E-state index contributed by atoms with van der Waals surface area (Å²) in [5.74, 6) is -0.112. The van der Waals surface area contributed by atoms with E-state index in [0.29, 0.717) is 11.3 Å². The Hall–Kier alpha value is -3.60. The Morgan fingerprint density at radius 2 is 1.71 bits per heavy atom. The number of carbonyl (C=O) groups excluding carboxylic acids is 1. The first-order valence-electron chi connectivity index (χ1n) is 9.37. The second-order valence-corrected chi connectivity index (χ2v) is 6.90. The van der Waals surface area contributed by atoms with Gasteiger partial charge in [0.05, 0.1) is 17.8 Å². The second-order valence-electron chi connectivity index (χ2n) is 6.90. The lowest BCUT2D eigenvalue weighted by atomic mass is 10.1. The minimum atomic E-state index is -0.112. The highest BCUT2D eigenvalue weighted by molar-refractivity contribution is 5.98. The van der Waals surface area contributed by atoms with Crippen molar-refractivity contribution in [1.29, 1.82) is 0 Å². The molecule has 28 heavy (non-hydrogen) atoms. The average Bonchev–Trinajstić information content (AvgIpc) is 3.33. The molecule has 1 N–H and O–H groups in total. The van der Waals surface area contributed by atoms with E-state index in [4.69, 9.17) is 4.52 Å². The molecule has 5 rings (SSSR count). The maximum Gasteiger partial charge on any atom is 0.230 e. The van der Waals surface area contributed by atoms with Crippen LogP contribution in [0, 0.1) is 0 Å². The van der Waals surface area contributed by atoms with Crippen LogP contribution in [-0.2, 0) is 17.6 Å². The minimum absolute atomic E-state index is 0.112. The van der Waals surface area contributed by atoms with Crippen LogP contribution in [0.5, 0.6) is 0 Å². The van der Waals surface area contributed by atoms with Gasteiger partial charge in [-0.25, -0.2) is 0 Å². The Labute approximate surface area is 162 Å². The van der Waals surface area contributed by atoms with Gasteiger partial charge >= 0.3 is 0 Å². The molecule has 0 bridgehead atoms. The number of amides is 1. The lowest BCUT2D eigenvalue weighted by molar-refractivity contribution is -0.115. The van der Waals surface area contributed by atoms with E-state index >= 15 is 0 Å². The summed E-state index contributed by atoms with van der Waals surface area (Å²) in [6.45, 7) is 0.903. The number of aromatic nitrogens is 1. The van der Waals surface area contributed by atoms with Crippen molar-refractivity contribution in [3.63, 3.8) is 0 Å². The zero-order chi connectivity index (χ0) is 18.9. The van der Waals surface area contributed by atoms with Crippen LogP contribution >= 0.6 is 0 Å². The van der Waals surface area contributed by atoms with Crippen molar-refractivity contribution in [3.05, 3.63) is 84.1 Å². The third-order valence-electron chi connectivity index (χ3n) is 5.14. The molecule has 0 spiro atoms. The molecular weight excluding hydrogens is 350 g/mol. The number of hydrogen-bond donors (Lipinski definition) is 1. The molecule has 0 unspecified atom stereocenters. The molecule has 1 amide bonds. The van der Waals surface area contributed by atoms with Crippen molar-refractivity contribution in [1.82, 2.24) is 5.16 Å². The number of para-hydroxylation sites is 4. The molecule has 5 heteroatoms. The highest BCUT2D eigenvalue weighted by Gasteiger charge is 2.22. The van der Waals surface area contributed by atoms with Crippen LogP contribution in [0.4, 0.5) is 17.1 Å². The molecule has 138 valence electrons. The Balaban J connectivity index is 1.40. The third-order valence-corrected chi connectivity index (χ3v) is 5.14. The van der Waals surface area contributed by atoms with Crippen LogP contribution in [0.2, 0.25) is 0 Å². The molecule has 1 aromatic heterocycles. The summed E-state index contributed by atoms with van der Waals surface area (Å²) in [5.41, 5.74) is 5.68. The summed E-state index contributed by atoms with van der Waals surface area (Å²) in [6, 6.07) is 23.9. The van der Waals surface area contributed by atoms with E-state index < -0.39 is 0 Å². The van der Waals surface area contributed by atoms with Crippen LogP contribution in [0.3, 0.4) is 0 Å². The van der Waals surface area contributed by atoms with Crippen molar-refractivity contribution in [2.45, 2.75) is 12.8 Å². The molecule has 4 aromatic rings. The molecule has 5 nitrogen and oxygen atoms in total. The Morgan fingerprint density at radius 3 is 2.64 bits per heavy atom. The van der Waals surface area contributed by atoms with Gasteiger partial charge in [0.15, 0.2) is 5.58 Å². The maximum atomic E-state index is 12.7. The van der Waals surface area contributed by atoms with Gasteiger partial charge in [-0.15, -0.1) is 0 Å². The number of fused-ring (bicyclic) bond motifs is 2. The fourth-order valence-corrected chi connectivity index (χ4v) is 3.82. The number of rotatable bonds is 4. The second kappa shape index (κ2) is 6.85. The molecule has 3 aromatic carbocycles. The van der Waals surface area contributed by atoms with Crippen LogP contribution < -0.4 is 10.2 Å². The van der Waals surface area contributed by atoms with E-state index in [2.05, 4.69) is 33.6 Å². The summed E-state index contributed by atoms with van der Waals surface area (Å²) in [7, 11) is 0. The monoisotopic (exact) mass is 369 g/mol. The first-order valence-corrected chi connectivity index (χ1v) is 9.37. The van der Waals surface area contributed by atoms with Crippen LogP contribution in [-0.4, -0.2) is 17.6 Å². The molecule has 0 saturated carbocycles. The Bertz CT molecular complexity index is 1170. The van der Waals surface area contributed by atoms with Gasteiger partial charge < -0.3 is 14.7 Å². The van der Waals surface area contributed by atoms with Gasteiger partial charge in [0, 0.05) is 17.6 Å². The van der Waals surface area contributed by atoms with Gasteiger partial charge in [-0.3, -0.25) is 4.79 Å². The Morgan fingerprint density at radius 1 is 0.964 bits per heavy atom. The van der Waals surface area contributed by atoms with Crippen molar-refractivity contribution < 1.29 is 9.32 Å². The largest absolute Gasteiger partial charge is 0.356 e. The predicted octanol–water partition coefficient (Wildman–Crippen LogP) is 4.70. The van der Waals surface area contributed by atoms with E-state index in [1.807, 2.05) is 54.6 Å². The van der Waals surface area contributed by atoms with Gasteiger partial charge in [-0.05, 0) is 42.3 Å². The first kappa shape index (κ1) is 16.6. The predicted molar refractivity (Wildman–Crippen MR) is 110 cm³/mol. The molecule has 0 fully saturated rings. The van der Waals surface area contributed by atoms with E-state index in [1.165, 1.54) is 11.3 Å². The standard InChI is InChI=1S/C23H19N3O2/c27-23(15-19-17-8-2-6-12-22(17)28-25-19)24-18-9-3-5-11-21(18)26-14-13-16-7-1-4-10-20(16)26/h1-12H,13-15H2,(H,24,27). The van der Waals surface area contributed by atoms with Crippen LogP contribution in [0.25, 0.3) is 11.0 Å². The SMILES string of the molecule is O=C(Cc1noc2ccccc12)Nc1ccccc1N1CCc2ccccc21. The van der Waals surface area contributed by atoms with Gasteiger partial charge in [0.25, 0.3) is 0 Å². The van der Waals surface area contributed by atoms with Crippen LogP contribution in [0.15, 0.2) is 77.3 Å². The lowest BCUT2D eigenvalue weighted by Gasteiger charge is -2.23. The van der Waals surface area contributed by atoms with Gasteiger partial charge in [-0.1, -0.05) is 47.6 Å². The molecule has 0 saturated heterocycles. The zero-order valence-electron chi connectivity index (χ0n) is 15.3. The summed E-state index contributed by atoms with van der Waals surface area (Å²) < 4.78 is 5.31. The molecule has 0 atom stereocenters.